The first-order valence-electron chi connectivity index (χ1n) is 11.0. The Labute approximate surface area is 193 Å². The van der Waals surface area contributed by atoms with Crippen LogP contribution in [0, 0.1) is 11.6 Å². The molecule has 0 spiro atoms. The predicted octanol–water partition coefficient (Wildman–Crippen LogP) is 2.46. The van der Waals surface area contributed by atoms with E-state index in [0.717, 1.165) is 18.6 Å². The number of nitrogens with zero attached hydrogens (tertiary/aromatic N) is 5. The van der Waals surface area contributed by atoms with Gasteiger partial charge in [0.15, 0.2) is 5.75 Å². The molecular weight excluding hydrogens is 448 g/mol. The van der Waals surface area contributed by atoms with Crippen LogP contribution in [0.5, 0.6) is 5.75 Å². The van der Waals surface area contributed by atoms with E-state index in [-0.39, 0.29) is 29.9 Å². The second-order valence-electron chi connectivity index (χ2n) is 8.12. The molecule has 2 saturated heterocycles. The highest BCUT2D eigenvalue weighted by Gasteiger charge is 2.30. The van der Waals surface area contributed by atoms with Gasteiger partial charge in [-0.25, -0.2) is 27.9 Å². The van der Waals surface area contributed by atoms with Crippen LogP contribution in [0.2, 0.25) is 0 Å². The minimum Gasteiger partial charge on any atom is -0.405 e. The quantitative estimate of drug-likeness (QED) is 0.573. The molecule has 0 saturated carbocycles. The molecule has 12 heteroatoms. The van der Waals surface area contributed by atoms with Crippen molar-refractivity contribution in [3.8, 4) is 5.75 Å². The predicted molar refractivity (Wildman–Crippen MR) is 118 cm³/mol. The Balaban J connectivity index is 1.30. The molecule has 0 bridgehead atoms. The van der Waals surface area contributed by atoms with Crippen LogP contribution in [-0.2, 0) is 0 Å². The standard InChI is InChI=1S/C22H23F2N7O3/c23-14-3-4-16(24)15(12-14)17-2-1-8-30(17)19-5-9-31-20(28-19)18(13-27-31)34-22(33)26-7-11-29-10-6-25-21(29)32/h3-5,9,12-13,17H,1-2,6-8,10-11H2,(H,25,32)(H,26,33)/t17-/m1/s1. The molecule has 178 valence electrons. The summed E-state index contributed by atoms with van der Waals surface area (Å²) in [6, 6.07) is 4.68. The molecular formula is C22H23F2N7O3. The van der Waals surface area contributed by atoms with Gasteiger partial charge in [0, 0.05) is 44.5 Å². The Morgan fingerprint density at radius 2 is 2.15 bits per heavy atom. The van der Waals surface area contributed by atoms with Gasteiger partial charge in [-0.1, -0.05) is 0 Å². The minimum absolute atomic E-state index is 0.158. The molecule has 1 atom stereocenters. The van der Waals surface area contributed by atoms with Crippen LogP contribution in [-0.4, -0.2) is 64.3 Å². The number of aromatic nitrogens is 3. The van der Waals surface area contributed by atoms with Gasteiger partial charge in [-0.3, -0.25) is 0 Å². The van der Waals surface area contributed by atoms with Gasteiger partial charge in [0.05, 0.1) is 12.2 Å². The Morgan fingerprint density at radius 1 is 1.26 bits per heavy atom. The average Bonchev–Trinajstić information content (AvgIpc) is 3.56. The third kappa shape index (κ3) is 4.30. The lowest BCUT2D eigenvalue weighted by Gasteiger charge is -2.26. The van der Waals surface area contributed by atoms with Gasteiger partial charge in [0.1, 0.15) is 17.5 Å². The number of carbonyl (C=O) groups excluding carboxylic acids is 2. The molecule has 34 heavy (non-hydrogen) atoms. The maximum atomic E-state index is 14.4. The minimum atomic E-state index is -0.692. The maximum Gasteiger partial charge on any atom is 0.412 e. The summed E-state index contributed by atoms with van der Waals surface area (Å²) in [7, 11) is 0. The Morgan fingerprint density at radius 3 is 2.97 bits per heavy atom. The van der Waals surface area contributed by atoms with Crippen LogP contribution in [0.25, 0.3) is 5.65 Å². The van der Waals surface area contributed by atoms with E-state index in [0.29, 0.717) is 44.1 Å². The molecule has 2 N–H and O–H groups in total. The summed E-state index contributed by atoms with van der Waals surface area (Å²) in [6.45, 7) is 2.40. The van der Waals surface area contributed by atoms with E-state index in [1.807, 2.05) is 4.90 Å². The largest absolute Gasteiger partial charge is 0.412 e. The fourth-order valence-electron chi connectivity index (χ4n) is 4.36. The van der Waals surface area contributed by atoms with Crippen molar-refractivity contribution in [1.29, 1.82) is 0 Å². The normalized spacial score (nSPS) is 17.9. The lowest BCUT2D eigenvalue weighted by atomic mass is 10.0. The van der Waals surface area contributed by atoms with E-state index in [1.54, 1.807) is 17.2 Å². The molecule has 2 aliphatic heterocycles. The van der Waals surface area contributed by atoms with E-state index in [4.69, 9.17) is 4.74 Å². The first-order valence-corrected chi connectivity index (χ1v) is 11.0. The Hall–Kier alpha value is -3.96. The Bertz CT molecular complexity index is 1230. The number of hydrogen-bond donors (Lipinski definition) is 2. The number of ether oxygens (including phenoxy) is 1. The summed E-state index contributed by atoms with van der Waals surface area (Å²) in [6.07, 6.45) is 3.82. The zero-order valence-electron chi connectivity index (χ0n) is 18.2. The van der Waals surface area contributed by atoms with E-state index >= 15 is 0 Å². The molecule has 3 amide bonds. The van der Waals surface area contributed by atoms with E-state index in [2.05, 4.69) is 20.7 Å². The third-order valence-corrected chi connectivity index (χ3v) is 5.99. The number of benzene rings is 1. The van der Waals surface area contributed by atoms with Gasteiger partial charge in [-0.15, -0.1) is 0 Å². The molecule has 0 unspecified atom stereocenters. The van der Waals surface area contributed by atoms with Crippen molar-refractivity contribution in [2.75, 3.05) is 37.6 Å². The number of carbonyl (C=O) groups is 2. The van der Waals surface area contributed by atoms with Crippen molar-refractivity contribution < 1.29 is 23.1 Å². The molecule has 0 radical (unpaired) electrons. The van der Waals surface area contributed by atoms with Gasteiger partial charge >= 0.3 is 12.1 Å². The lowest BCUT2D eigenvalue weighted by Crippen LogP contribution is -2.37. The summed E-state index contributed by atoms with van der Waals surface area (Å²) >= 11 is 0. The maximum absolute atomic E-state index is 14.4. The highest BCUT2D eigenvalue weighted by Crippen LogP contribution is 2.37. The molecule has 2 aliphatic rings. The molecule has 10 nitrogen and oxygen atoms in total. The second kappa shape index (κ2) is 9.12. The number of amides is 3. The topological polar surface area (TPSA) is 104 Å². The summed E-state index contributed by atoms with van der Waals surface area (Å²) < 4.78 is 35.1. The van der Waals surface area contributed by atoms with Crippen molar-refractivity contribution in [3.05, 3.63) is 53.9 Å². The summed E-state index contributed by atoms with van der Waals surface area (Å²) in [5.41, 5.74) is 0.604. The van der Waals surface area contributed by atoms with Crippen LogP contribution in [0.3, 0.4) is 0 Å². The first kappa shape index (κ1) is 21.9. The van der Waals surface area contributed by atoms with Gasteiger partial charge in [-0.2, -0.15) is 5.10 Å². The molecule has 0 aliphatic carbocycles. The summed E-state index contributed by atoms with van der Waals surface area (Å²) in [4.78, 5) is 31.9. The molecule has 5 rings (SSSR count). The first-order chi connectivity index (χ1) is 16.5. The number of fused-ring (bicyclic) bond motifs is 1. The van der Waals surface area contributed by atoms with E-state index < -0.39 is 17.7 Å². The number of urea groups is 1. The zero-order valence-corrected chi connectivity index (χ0v) is 18.2. The lowest BCUT2D eigenvalue weighted by molar-refractivity contribution is 0.196. The van der Waals surface area contributed by atoms with Crippen molar-refractivity contribution in [1.82, 2.24) is 30.1 Å². The van der Waals surface area contributed by atoms with E-state index in [1.165, 1.54) is 16.8 Å². The number of rotatable bonds is 6. The number of hydrogen-bond acceptors (Lipinski definition) is 6. The molecule has 3 aromatic rings. The van der Waals surface area contributed by atoms with Crippen LogP contribution < -0.4 is 20.3 Å². The number of halogens is 2. The average molecular weight is 471 g/mol. The van der Waals surface area contributed by atoms with Crippen LogP contribution >= 0.6 is 0 Å². The summed E-state index contributed by atoms with van der Waals surface area (Å²) in [5.74, 6) is -0.249. The summed E-state index contributed by atoms with van der Waals surface area (Å²) in [5, 5.41) is 9.46. The number of anilines is 1. The molecule has 4 heterocycles. The van der Waals surface area contributed by atoms with E-state index in [9.17, 15) is 18.4 Å². The van der Waals surface area contributed by atoms with Crippen LogP contribution in [0.4, 0.5) is 24.2 Å². The second-order valence-corrected chi connectivity index (χ2v) is 8.12. The monoisotopic (exact) mass is 471 g/mol. The van der Waals surface area contributed by atoms with Gasteiger partial charge in [0.2, 0.25) is 5.65 Å². The Kier molecular flexibility index (Phi) is 5.86. The fourth-order valence-corrected chi connectivity index (χ4v) is 4.36. The van der Waals surface area contributed by atoms with Crippen LogP contribution in [0.1, 0.15) is 24.4 Å². The smallest absolute Gasteiger partial charge is 0.405 e. The SMILES string of the molecule is O=C(NCCN1CCNC1=O)Oc1cnn2ccc(N3CCC[C@@H]3c3cc(F)ccc3F)nc12. The molecule has 2 fully saturated rings. The van der Waals surface area contributed by atoms with Crippen molar-refractivity contribution in [2.24, 2.45) is 0 Å². The fraction of sp³-hybridized carbons (Fsp3) is 0.364. The van der Waals surface area contributed by atoms with Gasteiger partial charge < -0.3 is 25.2 Å². The van der Waals surface area contributed by atoms with Crippen molar-refractivity contribution in [2.45, 2.75) is 18.9 Å². The highest BCUT2D eigenvalue weighted by molar-refractivity contribution is 5.76. The van der Waals surface area contributed by atoms with Crippen molar-refractivity contribution in [3.63, 3.8) is 0 Å². The third-order valence-electron chi connectivity index (χ3n) is 5.99. The number of nitrogens with one attached hydrogen (secondary N) is 2. The molecule has 1 aromatic carbocycles. The van der Waals surface area contributed by atoms with Gasteiger partial charge in [0.25, 0.3) is 0 Å². The van der Waals surface area contributed by atoms with Gasteiger partial charge in [-0.05, 0) is 37.1 Å². The van der Waals surface area contributed by atoms with Crippen molar-refractivity contribution >= 4 is 23.6 Å². The zero-order chi connectivity index (χ0) is 23.7. The molecule has 2 aromatic heterocycles. The van der Waals surface area contributed by atoms with Crippen LogP contribution in [0.15, 0.2) is 36.7 Å². The highest BCUT2D eigenvalue weighted by atomic mass is 19.1.